The quantitative estimate of drug-likeness (QED) is 0.852. The molecule has 2 aromatic rings. The molecule has 0 aliphatic rings. The number of carbonyl (C=O) groups is 1. The summed E-state index contributed by atoms with van der Waals surface area (Å²) >= 11 is 0. The highest BCUT2D eigenvalue weighted by Gasteiger charge is 2.16. The van der Waals surface area contributed by atoms with Crippen LogP contribution in [0.25, 0.3) is 0 Å². The maximum absolute atomic E-state index is 13.7. The maximum Gasteiger partial charge on any atom is 0.257 e. The van der Waals surface area contributed by atoms with E-state index in [-0.39, 0.29) is 18.2 Å². The van der Waals surface area contributed by atoms with Gasteiger partial charge in [-0.05, 0) is 29.8 Å². The molecule has 0 unspecified atom stereocenters. The van der Waals surface area contributed by atoms with E-state index >= 15 is 0 Å². The molecule has 0 heterocycles. The van der Waals surface area contributed by atoms with Crippen LogP contribution in [0, 0.1) is 5.82 Å². The van der Waals surface area contributed by atoms with E-state index in [1.807, 2.05) is 0 Å². The fourth-order valence-electron chi connectivity index (χ4n) is 2.18. The van der Waals surface area contributed by atoms with Crippen LogP contribution in [0.4, 0.5) is 4.39 Å². The third kappa shape index (κ3) is 3.36. The van der Waals surface area contributed by atoms with Gasteiger partial charge in [0.2, 0.25) is 0 Å². The zero-order chi connectivity index (χ0) is 16.1. The van der Waals surface area contributed by atoms with Crippen molar-refractivity contribution in [1.82, 2.24) is 4.90 Å². The molecule has 0 aromatic heterocycles. The molecule has 0 N–H and O–H groups in total. The van der Waals surface area contributed by atoms with Crippen LogP contribution in [0.15, 0.2) is 42.5 Å². The van der Waals surface area contributed by atoms with Gasteiger partial charge in [0.1, 0.15) is 5.75 Å². The van der Waals surface area contributed by atoms with Crippen molar-refractivity contribution >= 4 is 5.91 Å². The Kier molecular flexibility index (Phi) is 4.99. The number of rotatable bonds is 5. The molecular weight excluding hydrogens is 285 g/mol. The van der Waals surface area contributed by atoms with E-state index in [1.54, 1.807) is 43.4 Å². The molecule has 2 aromatic carbocycles. The molecule has 0 fully saturated rings. The fourth-order valence-corrected chi connectivity index (χ4v) is 2.18. The number of para-hydroxylation sites is 1. The Morgan fingerprint density at radius 3 is 2.41 bits per heavy atom. The third-order valence-corrected chi connectivity index (χ3v) is 3.32. The molecule has 0 spiro atoms. The summed E-state index contributed by atoms with van der Waals surface area (Å²) in [5, 5.41) is 0. The summed E-state index contributed by atoms with van der Waals surface area (Å²) in [6, 6.07) is 11.6. The summed E-state index contributed by atoms with van der Waals surface area (Å²) < 4.78 is 23.8. The molecule has 116 valence electrons. The second-order valence-corrected chi connectivity index (χ2v) is 4.83. The topological polar surface area (TPSA) is 38.8 Å². The number of benzene rings is 2. The smallest absolute Gasteiger partial charge is 0.257 e. The minimum atomic E-state index is -0.446. The highest BCUT2D eigenvalue weighted by atomic mass is 19.1. The lowest BCUT2D eigenvalue weighted by atomic mass is 10.1. The molecule has 1 amide bonds. The van der Waals surface area contributed by atoms with Gasteiger partial charge in [-0.25, -0.2) is 4.39 Å². The average molecular weight is 303 g/mol. The summed E-state index contributed by atoms with van der Waals surface area (Å²) in [5.74, 6) is 0.0644. The van der Waals surface area contributed by atoms with E-state index in [0.717, 1.165) is 0 Å². The molecular formula is C17H18FNO3. The standard InChI is InChI=1S/C17H18FNO3/c1-19(11-12-8-9-16(22-3)14(18)10-12)17(20)13-6-4-5-7-15(13)21-2/h4-10H,11H2,1-3H3. The van der Waals surface area contributed by atoms with E-state index < -0.39 is 5.82 Å². The van der Waals surface area contributed by atoms with Gasteiger partial charge in [-0.1, -0.05) is 18.2 Å². The van der Waals surface area contributed by atoms with Crippen molar-refractivity contribution < 1.29 is 18.7 Å². The zero-order valence-corrected chi connectivity index (χ0v) is 12.8. The number of amides is 1. The number of ether oxygens (including phenoxy) is 2. The zero-order valence-electron chi connectivity index (χ0n) is 12.8. The highest BCUT2D eigenvalue weighted by molar-refractivity contribution is 5.96. The molecule has 0 aliphatic carbocycles. The van der Waals surface area contributed by atoms with E-state index in [0.29, 0.717) is 16.9 Å². The van der Waals surface area contributed by atoms with E-state index in [4.69, 9.17) is 9.47 Å². The van der Waals surface area contributed by atoms with Crippen LogP contribution in [0.3, 0.4) is 0 Å². The van der Waals surface area contributed by atoms with Gasteiger partial charge in [-0.15, -0.1) is 0 Å². The minimum Gasteiger partial charge on any atom is -0.496 e. The Labute approximate surface area is 129 Å². The number of nitrogens with zero attached hydrogens (tertiary/aromatic N) is 1. The molecule has 0 radical (unpaired) electrons. The van der Waals surface area contributed by atoms with Crippen LogP contribution in [-0.4, -0.2) is 32.1 Å². The number of carbonyl (C=O) groups excluding carboxylic acids is 1. The van der Waals surface area contributed by atoms with Gasteiger partial charge in [0.05, 0.1) is 19.8 Å². The fraction of sp³-hybridized carbons (Fsp3) is 0.235. The Morgan fingerprint density at radius 1 is 1.09 bits per heavy atom. The highest BCUT2D eigenvalue weighted by Crippen LogP contribution is 2.21. The van der Waals surface area contributed by atoms with E-state index in [2.05, 4.69) is 0 Å². The monoisotopic (exact) mass is 303 g/mol. The normalized spacial score (nSPS) is 10.2. The van der Waals surface area contributed by atoms with Crippen molar-refractivity contribution in [3.8, 4) is 11.5 Å². The van der Waals surface area contributed by atoms with Crippen molar-refractivity contribution in [2.45, 2.75) is 6.54 Å². The molecule has 0 saturated carbocycles. The molecule has 2 rings (SSSR count). The van der Waals surface area contributed by atoms with E-state index in [1.165, 1.54) is 25.2 Å². The van der Waals surface area contributed by atoms with Gasteiger partial charge in [-0.3, -0.25) is 4.79 Å². The third-order valence-electron chi connectivity index (χ3n) is 3.32. The van der Waals surface area contributed by atoms with Gasteiger partial charge in [0.15, 0.2) is 11.6 Å². The molecule has 22 heavy (non-hydrogen) atoms. The number of hydrogen-bond donors (Lipinski definition) is 0. The lowest BCUT2D eigenvalue weighted by molar-refractivity contribution is 0.0781. The van der Waals surface area contributed by atoms with Crippen molar-refractivity contribution in [3.05, 3.63) is 59.4 Å². The number of methoxy groups -OCH3 is 2. The van der Waals surface area contributed by atoms with Gasteiger partial charge < -0.3 is 14.4 Å². The first-order valence-electron chi connectivity index (χ1n) is 6.77. The predicted octanol–water partition coefficient (Wildman–Crippen LogP) is 3.12. The summed E-state index contributed by atoms with van der Waals surface area (Å²) in [5.41, 5.74) is 1.16. The number of halogens is 1. The van der Waals surface area contributed by atoms with Crippen molar-refractivity contribution in [2.24, 2.45) is 0 Å². The summed E-state index contributed by atoms with van der Waals surface area (Å²) in [4.78, 5) is 14.0. The Morgan fingerprint density at radius 2 is 1.77 bits per heavy atom. The maximum atomic E-state index is 13.7. The SMILES string of the molecule is COc1ccc(CN(C)C(=O)c2ccccc2OC)cc1F. The lowest BCUT2D eigenvalue weighted by Gasteiger charge is -2.19. The van der Waals surface area contributed by atoms with Gasteiger partial charge >= 0.3 is 0 Å². The molecule has 0 saturated heterocycles. The van der Waals surface area contributed by atoms with Crippen LogP contribution in [0.1, 0.15) is 15.9 Å². The molecule has 5 heteroatoms. The summed E-state index contributed by atoms with van der Waals surface area (Å²) in [7, 11) is 4.59. The summed E-state index contributed by atoms with van der Waals surface area (Å²) in [6.07, 6.45) is 0. The first kappa shape index (κ1) is 15.8. The van der Waals surface area contributed by atoms with Crippen molar-refractivity contribution in [1.29, 1.82) is 0 Å². The second kappa shape index (κ2) is 6.93. The lowest BCUT2D eigenvalue weighted by Crippen LogP contribution is -2.26. The number of hydrogen-bond acceptors (Lipinski definition) is 3. The molecule has 0 bridgehead atoms. The largest absolute Gasteiger partial charge is 0.496 e. The van der Waals surface area contributed by atoms with Crippen LogP contribution in [0.2, 0.25) is 0 Å². The predicted molar refractivity (Wildman–Crippen MR) is 81.7 cm³/mol. The second-order valence-electron chi connectivity index (χ2n) is 4.83. The van der Waals surface area contributed by atoms with Gasteiger partial charge in [0.25, 0.3) is 5.91 Å². The average Bonchev–Trinajstić information content (AvgIpc) is 2.54. The van der Waals surface area contributed by atoms with Gasteiger partial charge in [0, 0.05) is 13.6 Å². The molecule has 0 atom stereocenters. The Balaban J connectivity index is 2.16. The molecule has 0 aliphatic heterocycles. The van der Waals surface area contributed by atoms with Crippen LogP contribution >= 0.6 is 0 Å². The summed E-state index contributed by atoms with van der Waals surface area (Å²) in [6.45, 7) is 0.289. The Hall–Kier alpha value is -2.56. The van der Waals surface area contributed by atoms with Crippen LogP contribution in [-0.2, 0) is 6.54 Å². The van der Waals surface area contributed by atoms with Crippen molar-refractivity contribution in [3.63, 3.8) is 0 Å². The van der Waals surface area contributed by atoms with E-state index in [9.17, 15) is 9.18 Å². The van der Waals surface area contributed by atoms with Crippen LogP contribution < -0.4 is 9.47 Å². The first-order chi connectivity index (χ1) is 10.6. The first-order valence-corrected chi connectivity index (χ1v) is 6.77. The van der Waals surface area contributed by atoms with Crippen LogP contribution in [0.5, 0.6) is 11.5 Å². The Bertz CT molecular complexity index is 673. The van der Waals surface area contributed by atoms with Crippen molar-refractivity contribution in [2.75, 3.05) is 21.3 Å². The van der Waals surface area contributed by atoms with Gasteiger partial charge in [-0.2, -0.15) is 0 Å². The minimum absolute atomic E-state index is 0.183. The molecule has 4 nitrogen and oxygen atoms in total.